The van der Waals surface area contributed by atoms with E-state index in [2.05, 4.69) is 6.07 Å². The first kappa shape index (κ1) is 11.9. The summed E-state index contributed by atoms with van der Waals surface area (Å²) >= 11 is 1.63. The molecule has 0 bridgehead atoms. The van der Waals surface area contributed by atoms with Gasteiger partial charge in [-0.2, -0.15) is 5.26 Å². The standard InChI is InChI=1S/C15H12N2OS/c16-8-7-14-12-5-1-2-6-13(12)15(18)17(14)10-11-4-3-9-19-11/h1-6,9,14H,7,10H2. The van der Waals surface area contributed by atoms with E-state index in [1.54, 1.807) is 16.2 Å². The molecule has 1 aliphatic heterocycles. The van der Waals surface area contributed by atoms with Crippen molar-refractivity contribution in [1.82, 2.24) is 4.90 Å². The highest BCUT2D eigenvalue weighted by Gasteiger charge is 2.36. The molecule has 3 nitrogen and oxygen atoms in total. The summed E-state index contributed by atoms with van der Waals surface area (Å²) in [7, 11) is 0. The van der Waals surface area contributed by atoms with Crippen LogP contribution in [0.2, 0.25) is 0 Å². The molecule has 94 valence electrons. The van der Waals surface area contributed by atoms with Gasteiger partial charge in [-0.3, -0.25) is 4.79 Å². The molecular weight excluding hydrogens is 256 g/mol. The Balaban J connectivity index is 1.96. The summed E-state index contributed by atoms with van der Waals surface area (Å²) < 4.78 is 0. The average Bonchev–Trinajstić information content (AvgIpc) is 3.02. The lowest BCUT2D eigenvalue weighted by molar-refractivity contribution is 0.0714. The minimum Gasteiger partial charge on any atom is -0.325 e. The van der Waals surface area contributed by atoms with Crippen LogP contribution in [0, 0.1) is 11.3 Å². The molecule has 0 spiro atoms. The van der Waals surface area contributed by atoms with Gasteiger partial charge in [0.15, 0.2) is 0 Å². The summed E-state index contributed by atoms with van der Waals surface area (Å²) in [5, 5.41) is 11.0. The van der Waals surface area contributed by atoms with E-state index < -0.39 is 0 Å². The van der Waals surface area contributed by atoms with E-state index >= 15 is 0 Å². The minimum absolute atomic E-state index is 0.0317. The Kier molecular flexibility index (Phi) is 3.06. The van der Waals surface area contributed by atoms with Crippen LogP contribution in [0.3, 0.4) is 0 Å². The maximum atomic E-state index is 12.4. The molecule has 0 aliphatic carbocycles. The monoisotopic (exact) mass is 268 g/mol. The topological polar surface area (TPSA) is 44.1 Å². The number of nitriles is 1. The van der Waals surface area contributed by atoms with Crippen LogP contribution in [0.15, 0.2) is 41.8 Å². The second-order valence-corrected chi connectivity index (χ2v) is 5.51. The Morgan fingerprint density at radius 2 is 2.11 bits per heavy atom. The number of hydrogen-bond donors (Lipinski definition) is 0. The van der Waals surface area contributed by atoms with Gasteiger partial charge in [-0.15, -0.1) is 11.3 Å². The van der Waals surface area contributed by atoms with Gasteiger partial charge < -0.3 is 4.90 Å². The summed E-state index contributed by atoms with van der Waals surface area (Å²) in [6.07, 6.45) is 0.341. The van der Waals surface area contributed by atoms with Crippen LogP contribution < -0.4 is 0 Å². The van der Waals surface area contributed by atoms with Gasteiger partial charge in [0.2, 0.25) is 0 Å². The summed E-state index contributed by atoms with van der Waals surface area (Å²) in [4.78, 5) is 15.4. The van der Waals surface area contributed by atoms with Gasteiger partial charge in [-0.05, 0) is 23.1 Å². The predicted octanol–water partition coefficient (Wildman–Crippen LogP) is 3.36. The SMILES string of the molecule is N#CCC1c2ccccc2C(=O)N1Cc1cccs1. The van der Waals surface area contributed by atoms with Crippen molar-refractivity contribution in [3.63, 3.8) is 0 Å². The molecule has 0 saturated heterocycles. The first-order valence-corrected chi connectivity index (χ1v) is 6.98. The normalized spacial score (nSPS) is 17.3. The van der Waals surface area contributed by atoms with E-state index in [0.717, 1.165) is 16.0 Å². The lowest BCUT2D eigenvalue weighted by atomic mass is 10.0. The quantitative estimate of drug-likeness (QED) is 0.856. The zero-order chi connectivity index (χ0) is 13.2. The molecular formula is C15H12N2OS. The molecule has 0 N–H and O–H groups in total. The van der Waals surface area contributed by atoms with Crippen LogP contribution in [0.25, 0.3) is 0 Å². The number of nitrogens with zero attached hydrogens (tertiary/aromatic N) is 2. The lowest BCUT2D eigenvalue weighted by Gasteiger charge is -2.22. The predicted molar refractivity (Wildman–Crippen MR) is 73.6 cm³/mol. The van der Waals surface area contributed by atoms with Crippen LogP contribution in [0.4, 0.5) is 0 Å². The number of thiophene rings is 1. The minimum atomic E-state index is -0.115. The van der Waals surface area contributed by atoms with Crippen molar-refractivity contribution in [1.29, 1.82) is 5.26 Å². The van der Waals surface area contributed by atoms with Gasteiger partial charge in [-0.25, -0.2) is 0 Å². The molecule has 19 heavy (non-hydrogen) atoms. The van der Waals surface area contributed by atoms with Crippen LogP contribution in [0.5, 0.6) is 0 Å². The third kappa shape index (κ3) is 2.02. The maximum absolute atomic E-state index is 12.4. The molecule has 1 atom stereocenters. The third-order valence-corrected chi connectivity index (χ3v) is 4.24. The molecule has 3 rings (SSSR count). The van der Waals surface area contributed by atoms with E-state index in [0.29, 0.717) is 13.0 Å². The summed E-state index contributed by atoms with van der Waals surface area (Å²) in [6, 6.07) is 13.7. The molecule has 1 aliphatic rings. The largest absolute Gasteiger partial charge is 0.325 e. The number of fused-ring (bicyclic) bond motifs is 1. The second kappa shape index (κ2) is 4.87. The summed E-state index contributed by atoms with van der Waals surface area (Å²) in [6.45, 7) is 0.581. The van der Waals surface area contributed by atoms with Crippen LogP contribution in [-0.4, -0.2) is 10.8 Å². The van der Waals surface area contributed by atoms with Crippen LogP contribution in [-0.2, 0) is 6.54 Å². The zero-order valence-electron chi connectivity index (χ0n) is 10.2. The molecule has 2 heterocycles. The van der Waals surface area contributed by atoms with Crippen molar-refractivity contribution in [3.05, 3.63) is 57.8 Å². The molecule has 0 saturated carbocycles. The molecule has 1 amide bonds. The highest BCUT2D eigenvalue weighted by molar-refractivity contribution is 7.09. The Hall–Kier alpha value is -2.12. The van der Waals surface area contributed by atoms with E-state index in [-0.39, 0.29) is 11.9 Å². The maximum Gasteiger partial charge on any atom is 0.255 e. The fourth-order valence-electron chi connectivity index (χ4n) is 2.51. The average molecular weight is 268 g/mol. The fraction of sp³-hybridized carbons (Fsp3) is 0.200. The van der Waals surface area contributed by atoms with Crippen molar-refractivity contribution in [2.24, 2.45) is 0 Å². The molecule has 0 fully saturated rings. The number of hydrogen-bond acceptors (Lipinski definition) is 3. The first-order chi connectivity index (χ1) is 9.31. The van der Waals surface area contributed by atoms with Gasteiger partial charge in [0.25, 0.3) is 5.91 Å². The van der Waals surface area contributed by atoms with E-state index in [9.17, 15) is 4.79 Å². The van der Waals surface area contributed by atoms with Crippen molar-refractivity contribution < 1.29 is 4.79 Å². The van der Waals surface area contributed by atoms with Crippen LogP contribution >= 0.6 is 11.3 Å². The number of carbonyl (C=O) groups is 1. The number of benzene rings is 1. The lowest BCUT2D eigenvalue weighted by Crippen LogP contribution is -2.27. The Morgan fingerprint density at radius 3 is 2.84 bits per heavy atom. The number of amides is 1. The molecule has 1 aromatic carbocycles. The van der Waals surface area contributed by atoms with Gasteiger partial charge in [-0.1, -0.05) is 24.3 Å². The number of rotatable bonds is 3. The third-order valence-electron chi connectivity index (χ3n) is 3.38. The summed E-state index contributed by atoms with van der Waals surface area (Å²) in [5.41, 5.74) is 1.71. The van der Waals surface area contributed by atoms with Crippen LogP contribution in [0.1, 0.15) is 33.3 Å². The second-order valence-electron chi connectivity index (χ2n) is 4.48. The van der Waals surface area contributed by atoms with Crippen molar-refractivity contribution in [2.45, 2.75) is 19.0 Å². The van der Waals surface area contributed by atoms with Crippen molar-refractivity contribution >= 4 is 17.2 Å². The van der Waals surface area contributed by atoms with E-state index in [1.807, 2.05) is 41.8 Å². The van der Waals surface area contributed by atoms with E-state index in [4.69, 9.17) is 5.26 Å². The Bertz CT molecular complexity index is 642. The van der Waals surface area contributed by atoms with Crippen molar-refractivity contribution in [2.75, 3.05) is 0 Å². The highest BCUT2D eigenvalue weighted by atomic mass is 32.1. The highest BCUT2D eigenvalue weighted by Crippen LogP contribution is 2.37. The molecule has 1 unspecified atom stereocenters. The zero-order valence-corrected chi connectivity index (χ0v) is 11.1. The van der Waals surface area contributed by atoms with Gasteiger partial charge in [0, 0.05) is 10.4 Å². The molecule has 2 aromatic rings. The fourth-order valence-corrected chi connectivity index (χ4v) is 3.21. The molecule has 0 radical (unpaired) electrons. The van der Waals surface area contributed by atoms with Gasteiger partial charge >= 0.3 is 0 Å². The molecule has 4 heteroatoms. The number of carbonyl (C=O) groups excluding carboxylic acids is 1. The molecule has 1 aromatic heterocycles. The van der Waals surface area contributed by atoms with Gasteiger partial charge in [0.05, 0.1) is 25.1 Å². The smallest absolute Gasteiger partial charge is 0.255 e. The Morgan fingerprint density at radius 1 is 1.26 bits per heavy atom. The van der Waals surface area contributed by atoms with E-state index in [1.165, 1.54) is 0 Å². The van der Waals surface area contributed by atoms with Crippen molar-refractivity contribution in [3.8, 4) is 6.07 Å². The van der Waals surface area contributed by atoms with Gasteiger partial charge in [0.1, 0.15) is 0 Å². The summed E-state index contributed by atoms with van der Waals surface area (Å²) in [5.74, 6) is 0.0317. The first-order valence-electron chi connectivity index (χ1n) is 6.10. The Labute approximate surface area is 115 Å².